The van der Waals surface area contributed by atoms with Crippen molar-refractivity contribution in [3.8, 4) is 11.6 Å². The van der Waals surface area contributed by atoms with Gasteiger partial charge in [0.05, 0.1) is 16.4 Å². The summed E-state index contributed by atoms with van der Waals surface area (Å²) in [5.74, 6) is 0.639. The Morgan fingerprint density at radius 1 is 1.23 bits per heavy atom. The maximum Gasteiger partial charge on any atom is 0.312 e. The minimum Gasteiger partial charge on any atom is -0.407 e. The Hall–Kier alpha value is -1.81. The zero-order valence-electron chi connectivity index (χ0n) is 16.5. The molecule has 0 saturated heterocycles. The third-order valence-corrected chi connectivity index (χ3v) is 4.38. The third-order valence-electron chi connectivity index (χ3n) is 4.06. The van der Waals surface area contributed by atoms with Crippen LogP contribution in [0.4, 0.5) is 0 Å². The third kappa shape index (κ3) is 5.60. The van der Waals surface area contributed by atoms with Crippen molar-refractivity contribution in [2.24, 2.45) is 11.3 Å². The average molecular weight is 377 g/mol. The number of esters is 1. The molecule has 2 rings (SSSR count). The molecule has 1 aromatic heterocycles. The number of carbonyl (C=O) groups excluding carboxylic acids is 1. The lowest BCUT2D eigenvalue weighted by Gasteiger charge is -2.22. The second-order valence-corrected chi connectivity index (χ2v) is 8.88. The molecule has 0 N–H and O–H groups in total. The maximum atomic E-state index is 12.5. The van der Waals surface area contributed by atoms with Crippen LogP contribution in [-0.2, 0) is 4.79 Å². The molecule has 5 heteroatoms. The van der Waals surface area contributed by atoms with Crippen molar-refractivity contribution in [3.63, 3.8) is 0 Å². The molecule has 0 spiro atoms. The first-order valence-corrected chi connectivity index (χ1v) is 9.50. The van der Waals surface area contributed by atoms with Crippen LogP contribution in [0.25, 0.3) is 5.69 Å². The van der Waals surface area contributed by atoms with Gasteiger partial charge < -0.3 is 4.74 Å². The first kappa shape index (κ1) is 20.5. The van der Waals surface area contributed by atoms with Crippen molar-refractivity contribution < 1.29 is 9.53 Å². The Kier molecular flexibility index (Phi) is 6.51. The van der Waals surface area contributed by atoms with Crippen LogP contribution in [0.2, 0.25) is 5.02 Å². The fourth-order valence-electron chi connectivity index (χ4n) is 3.09. The fraction of sp³-hybridized carbons (Fsp3) is 0.524. The molecule has 0 fully saturated rings. The SMILES string of the molecule is CC(CC(=O)Oc1cc(C(C)C)nn1-c1ccccc1Cl)CC(C)(C)C. The Bertz CT molecular complexity index is 760. The van der Waals surface area contributed by atoms with Crippen LogP contribution in [0, 0.1) is 11.3 Å². The molecule has 0 aliphatic rings. The van der Waals surface area contributed by atoms with Crippen molar-refractivity contribution in [3.05, 3.63) is 41.0 Å². The van der Waals surface area contributed by atoms with Gasteiger partial charge in [-0.2, -0.15) is 9.78 Å². The van der Waals surface area contributed by atoms with Gasteiger partial charge in [0.2, 0.25) is 5.88 Å². The van der Waals surface area contributed by atoms with Crippen LogP contribution in [0.15, 0.2) is 30.3 Å². The minimum atomic E-state index is -0.245. The quantitative estimate of drug-likeness (QED) is 0.579. The molecule has 142 valence electrons. The number of para-hydroxylation sites is 1. The first-order valence-electron chi connectivity index (χ1n) is 9.12. The molecule has 0 aliphatic carbocycles. The Morgan fingerprint density at radius 3 is 2.46 bits per heavy atom. The van der Waals surface area contributed by atoms with Gasteiger partial charge in [-0.3, -0.25) is 4.79 Å². The zero-order valence-corrected chi connectivity index (χ0v) is 17.3. The summed E-state index contributed by atoms with van der Waals surface area (Å²) in [5.41, 5.74) is 1.74. The number of halogens is 1. The average Bonchev–Trinajstić information content (AvgIpc) is 2.89. The largest absolute Gasteiger partial charge is 0.407 e. The predicted octanol–water partition coefficient (Wildman–Crippen LogP) is 6.02. The highest BCUT2D eigenvalue weighted by atomic mass is 35.5. The maximum absolute atomic E-state index is 12.5. The molecule has 4 nitrogen and oxygen atoms in total. The molecule has 1 aromatic carbocycles. The van der Waals surface area contributed by atoms with E-state index in [0.29, 0.717) is 23.0 Å². The summed E-state index contributed by atoms with van der Waals surface area (Å²) in [6, 6.07) is 9.22. The van der Waals surface area contributed by atoms with Crippen molar-refractivity contribution in [2.75, 3.05) is 0 Å². The van der Waals surface area contributed by atoms with Crippen LogP contribution in [0.5, 0.6) is 5.88 Å². The van der Waals surface area contributed by atoms with Gasteiger partial charge in [0, 0.05) is 12.5 Å². The second kappa shape index (κ2) is 8.26. The van der Waals surface area contributed by atoms with E-state index in [4.69, 9.17) is 16.3 Å². The minimum absolute atomic E-state index is 0.184. The molecule has 0 amide bonds. The summed E-state index contributed by atoms with van der Waals surface area (Å²) in [5, 5.41) is 5.15. The van der Waals surface area contributed by atoms with E-state index in [2.05, 4.69) is 46.6 Å². The van der Waals surface area contributed by atoms with Gasteiger partial charge in [-0.15, -0.1) is 0 Å². The lowest BCUT2D eigenvalue weighted by molar-refractivity contribution is -0.135. The number of hydrogen-bond donors (Lipinski definition) is 0. The molecule has 2 aromatic rings. The highest BCUT2D eigenvalue weighted by Gasteiger charge is 2.21. The number of hydrogen-bond acceptors (Lipinski definition) is 3. The van der Waals surface area contributed by atoms with Crippen molar-refractivity contribution in [2.45, 2.75) is 60.3 Å². The molecule has 1 unspecified atom stereocenters. The van der Waals surface area contributed by atoms with E-state index in [0.717, 1.165) is 12.1 Å². The summed E-state index contributed by atoms with van der Waals surface area (Å²) in [6.07, 6.45) is 1.34. The standard InChI is InChI=1S/C21H29ClN2O2/c1-14(2)17-12-19(24(23-17)18-10-8-7-9-16(18)22)26-20(25)11-15(3)13-21(4,5)6/h7-10,12,14-15H,11,13H2,1-6H3. The van der Waals surface area contributed by atoms with E-state index in [1.54, 1.807) is 10.7 Å². The molecule has 26 heavy (non-hydrogen) atoms. The molecule has 0 saturated carbocycles. The van der Waals surface area contributed by atoms with Crippen LogP contribution < -0.4 is 4.74 Å². The number of carbonyl (C=O) groups is 1. The number of aromatic nitrogens is 2. The Labute approximate surface area is 161 Å². The lowest BCUT2D eigenvalue weighted by Crippen LogP contribution is -2.18. The molecule has 0 radical (unpaired) electrons. The molecular formula is C21H29ClN2O2. The number of rotatable bonds is 6. The molecule has 0 bridgehead atoms. The van der Waals surface area contributed by atoms with Crippen LogP contribution in [-0.4, -0.2) is 15.7 Å². The van der Waals surface area contributed by atoms with E-state index >= 15 is 0 Å². The van der Waals surface area contributed by atoms with Gasteiger partial charge in [-0.25, -0.2) is 0 Å². The van der Waals surface area contributed by atoms with Crippen molar-refractivity contribution >= 4 is 17.6 Å². The Balaban J connectivity index is 2.23. The van der Waals surface area contributed by atoms with Gasteiger partial charge in [0.1, 0.15) is 0 Å². The summed E-state index contributed by atoms with van der Waals surface area (Å²) in [7, 11) is 0. The molecule has 1 atom stereocenters. The van der Waals surface area contributed by atoms with Crippen LogP contribution in [0.3, 0.4) is 0 Å². The van der Waals surface area contributed by atoms with Gasteiger partial charge in [-0.1, -0.05) is 65.3 Å². The van der Waals surface area contributed by atoms with E-state index in [-0.39, 0.29) is 23.2 Å². The van der Waals surface area contributed by atoms with E-state index in [1.165, 1.54) is 0 Å². The number of nitrogens with zero attached hydrogens (tertiary/aromatic N) is 2. The highest BCUT2D eigenvalue weighted by molar-refractivity contribution is 6.32. The molecule has 0 aliphatic heterocycles. The van der Waals surface area contributed by atoms with Crippen molar-refractivity contribution in [1.82, 2.24) is 9.78 Å². The van der Waals surface area contributed by atoms with Gasteiger partial charge in [0.15, 0.2) is 0 Å². The zero-order chi connectivity index (χ0) is 19.5. The molecular weight excluding hydrogens is 348 g/mol. The number of ether oxygens (including phenoxy) is 1. The second-order valence-electron chi connectivity index (χ2n) is 8.47. The van der Waals surface area contributed by atoms with Gasteiger partial charge in [0.25, 0.3) is 0 Å². The summed E-state index contributed by atoms with van der Waals surface area (Å²) >= 11 is 6.31. The molecule has 1 heterocycles. The van der Waals surface area contributed by atoms with Gasteiger partial charge >= 0.3 is 5.97 Å². The highest BCUT2D eigenvalue weighted by Crippen LogP contribution is 2.29. The van der Waals surface area contributed by atoms with E-state index in [9.17, 15) is 4.79 Å². The predicted molar refractivity (Wildman–Crippen MR) is 106 cm³/mol. The summed E-state index contributed by atoms with van der Waals surface area (Å²) in [4.78, 5) is 12.5. The first-order chi connectivity index (χ1) is 12.1. The number of benzene rings is 1. The normalized spacial score (nSPS) is 13.1. The lowest BCUT2D eigenvalue weighted by atomic mass is 9.84. The Morgan fingerprint density at radius 2 is 1.88 bits per heavy atom. The fourth-order valence-corrected chi connectivity index (χ4v) is 3.31. The smallest absolute Gasteiger partial charge is 0.312 e. The van der Waals surface area contributed by atoms with Gasteiger partial charge in [-0.05, 0) is 35.8 Å². The van der Waals surface area contributed by atoms with E-state index in [1.807, 2.05) is 24.3 Å². The van der Waals surface area contributed by atoms with Crippen LogP contribution in [0.1, 0.15) is 66.0 Å². The summed E-state index contributed by atoms with van der Waals surface area (Å²) in [6.45, 7) is 12.7. The summed E-state index contributed by atoms with van der Waals surface area (Å²) < 4.78 is 7.29. The topological polar surface area (TPSA) is 44.1 Å². The van der Waals surface area contributed by atoms with Crippen LogP contribution >= 0.6 is 11.6 Å². The van der Waals surface area contributed by atoms with E-state index < -0.39 is 0 Å². The van der Waals surface area contributed by atoms with Crippen molar-refractivity contribution in [1.29, 1.82) is 0 Å². The monoisotopic (exact) mass is 376 g/mol.